The number of allylic oxidation sites excluding steroid dienone is 1. The number of nitrogens with zero attached hydrogens (tertiary/aromatic N) is 1. The highest BCUT2D eigenvalue weighted by atomic mass is 32.2. The molecule has 1 aliphatic heterocycles. The highest BCUT2D eigenvalue weighted by molar-refractivity contribution is 8.00. The Labute approximate surface area is 86.3 Å². The van der Waals surface area contributed by atoms with Gasteiger partial charge >= 0.3 is 0 Å². The second-order valence-electron chi connectivity index (χ2n) is 3.00. The van der Waals surface area contributed by atoms with Crippen LogP contribution in [0, 0.1) is 0 Å². The number of Topliss-reactive ketones (excluding diaryl/α,β-unsaturated/α-hetero) is 1. The first-order valence-electron chi connectivity index (χ1n) is 4.08. The number of hydrogen-bond donors (Lipinski definition) is 0. The number of thioether (sulfide) groups is 1. The minimum atomic E-state index is -0.362. The molecule has 1 aliphatic rings. The number of ketones is 1. The van der Waals surface area contributed by atoms with Crippen LogP contribution in [0.1, 0.15) is 13.3 Å². The van der Waals surface area contributed by atoms with Crippen LogP contribution >= 0.6 is 11.8 Å². The fourth-order valence-electron chi connectivity index (χ4n) is 1.23. The molecule has 1 heterocycles. The third-order valence-corrected chi connectivity index (χ3v) is 3.00. The number of carbonyl (C=O) groups excluding carboxylic acids is 3. The average Bonchev–Trinajstić information content (AvgIpc) is 2.40. The van der Waals surface area contributed by atoms with Gasteiger partial charge in [-0.1, -0.05) is 6.58 Å². The molecule has 0 saturated carbocycles. The monoisotopic (exact) mass is 213 g/mol. The van der Waals surface area contributed by atoms with Crippen molar-refractivity contribution in [2.24, 2.45) is 0 Å². The van der Waals surface area contributed by atoms with Crippen LogP contribution in [0.15, 0.2) is 12.3 Å². The standard InChI is InChI=1S/C9H11NO3S/c1-5(6(2)11)10-8(12)4-7(14-3)9(10)13/h7H,1,4H2,2-3H3. The van der Waals surface area contributed by atoms with Crippen LogP contribution in [0.2, 0.25) is 0 Å². The summed E-state index contributed by atoms with van der Waals surface area (Å²) in [5.41, 5.74) is -0.0310. The van der Waals surface area contributed by atoms with E-state index in [1.165, 1.54) is 18.7 Å². The molecule has 0 N–H and O–H groups in total. The molecule has 0 aliphatic carbocycles. The first kappa shape index (κ1) is 11.0. The number of likely N-dealkylation sites (tertiary alicyclic amines) is 1. The van der Waals surface area contributed by atoms with Crippen LogP contribution < -0.4 is 0 Å². The van der Waals surface area contributed by atoms with Crippen LogP contribution in [0.4, 0.5) is 0 Å². The predicted molar refractivity (Wildman–Crippen MR) is 53.6 cm³/mol. The van der Waals surface area contributed by atoms with Crippen LogP contribution in [0.25, 0.3) is 0 Å². The lowest BCUT2D eigenvalue weighted by Gasteiger charge is -2.14. The van der Waals surface area contributed by atoms with E-state index in [4.69, 9.17) is 0 Å². The molecule has 1 rings (SSSR count). The van der Waals surface area contributed by atoms with E-state index in [1.807, 2.05) is 0 Å². The van der Waals surface area contributed by atoms with Gasteiger partial charge in [0.2, 0.25) is 11.8 Å². The molecule has 1 unspecified atom stereocenters. The Balaban J connectivity index is 2.91. The number of rotatable bonds is 3. The zero-order valence-corrected chi connectivity index (χ0v) is 8.89. The van der Waals surface area contributed by atoms with Gasteiger partial charge in [0.25, 0.3) is 0 Å². The van der Waals surface area contributed by atoms with Crippen molar-refractivity contribution in [3.05, 3.63) is 12.3 Å². The summed E-state index contributed by atoms with van der Waals surface area (Å²) in [6, 6.07) is 0. The van der Waals surface area contributed by atoms with Crippen LogP contribution in [0.3, 0.4) is 0 Å². The van der Waals surface area contributed by atoms with Crippen molar-refractivity contribution in [1.29, 1.82) is 0 Å². The molecule has 1 fully saturated rings. The normalized spacial score (nSPS) is 21.6. The summed E-state index contributed by atoms with van der Waals surface area (Å²) in [5, 5.41) is -0.362. The van der Waals surface area contributed by atoms with Crippen molar-refractivity contribution in [3.8, 4) is 0 Å². The van der Waals surface area contributed by atoms with Crippen LogP contribution in [-0.4, -0.2) is 34.0 Å². The van der Waals surface area contributed by atoms with Gasteiger partial charge in [-0.3, -0.25) is 14.4 Å². The van der Waals surface area contributed by atoms with E-state index < -0.39 is 0 Å². The number of imide groups is 1. The summed E-state index contributed by atoms with van der Waals surface area (Å²) < 4.78 is 0. The summed E-state index contributed by atoms with van der Waals surface area (Å²) in [7, 11) is 0. The molecular weight excluding hydrogens is 202 g/mol. The summed E-state index contributed by atoms with van der Waals surface area (Å²) in [6.45, 7) is 4.72. The van der Waals surface area contributed by atoms with Crippen molar-refractivity contribution in [2.75, 3.05) is 6.26 Å². The Hall–Kier alpha value is -1.10. The van der Waals surface area contributed by atoms with E-state index in [2.05, 4.69) is 6.58 Å². The molecule has 5 heteroatoms. The van der Waals surface area contributed by atoms with Gasteiger partial charge in [0.05, 0.1) is 10.9 Å². The minimum Gasteiger partial charge on any atom is -0.293 e. The molecule has 0 radical (unpaired) electrons. The first-order valence-corrected chi connectivity index (χ1v) is 5.37. The minimum absolute atomic E-state index is 0.0310. The topological polar surface area (TPSA) is 54.5 Å². The third kappa shape index (κ3) is 1.72. The molecule has 0 aromatic rings. The van der Waals surface area contributed by atoms with E-state index in [1.54, 1.807) is 6.26 Å². The molecule has 2 amide bonds. The molecule has 0 bridgehead atoms. The van der Waals surface area contributed by atoms with Gasteiger partial charge in [-0.05, 0) is 6.26 Å². The number of hydrogen-bond acceptors (Lipinski definition) is 4. The Morgan fingerprint density at radius 1 is 1.57 bits per heavy atom. The molecule has 14 heavy (non-hydrogen) atoms. The molecule has 1 atom stereocenters. The van der Waals surface area contributed by atoms with Gasteiger partial charge in [0, 0.05) is 13.3 Å². The first-order chi connectivity index (χ1) is 6.49. The van der Waals surface area contributed by atoms with E-state index in [0.717, 1.165) is 4.90 Å². The van der Waals surface area contributed by atoms with Crippen molar-refractivity contribution < 1.29 is 14.4 Å². The largest absolute Gasteiger partial charge is 0.293 e. The summed E-state index contributed by atoms with van der Waals surface area (Å²) in [4.78, 5) is 34.8. The Bertz CT molecular complexity index is 324. The lowest BCUT2D eigenvalue weighted by molar-refractivity contribution is -0.138. The van der Waals surface area contributed by atoms with Crippen LogP contribution in [0.5, 0.6) is 0 Å². The van der Waals surface area contributed by atoms with E-state index in [0.29, 0.717) is 0 Å². The fraction of sp³-hybridized carbons (Fsp3) is 0.444. The van der Waals surface area contributed by atoms with E-state index >= 15 is 0 Å². The SMILES string of the molecule is C=C(C(C)=O)N1C(=O)CC(SC)C1=O. The molecule has 0 spiro atoms. The van der Waals surface area contributed by atoms with Crippen LogP contribution in [-0.2, 0) is 14.4 Å². The maximum absolute atomic E-state index is 11.6. The lowest BCUT2D eigenvalue weighted by atomic mass is 10.3. The number of carbonyl (C=O) groups is 3. The average molecular weight is 213 g/mol. The van der Waals surface area contributed by atoms with Gasteiger partial charge < -0.3 is 0 Å². The highest BCUT2D eigenvalue weighted by Gasteiger charge is 2.40. The lowest BCUT2D eigenvalue weighted by Crippen LogP contribution is -2.32. The summed E-state index contributed by atoms with van der Waals surface area (Å²) >= 11 is 1.31. The number of amides is 2. The van der Waals surface area contributed by atoms with E-state index in [9.17, 15) is 14.4 Å². The van der Waals surface area contributed by atoms with Gasteiger partial charge in [0.1, 0.15) is 0 Å². The summed E-state index contributed by atoms with van der Waals surface area (Å²) in [6.07, 6.45) is 1.92. The van der Waals surface area contributed by atoms with Gasteiger partial charge in [-0.2, -0.15) is 11.8 Å². The Morgan fingerprint density at radius 2 is 2.14 bits per heavy atom. The molecule has 4 nitrogen and oxygen atoms in total. The highest BCUT2D eigenvalue weighted by Crippen LogP contribution is 2.25. The maximum atomic E-state index is 11.6. The van der Waals surface area contributed by atoms with Gasteiger partial charge in [0.15, 0.2) is 5.78 Å². The van der Waals surface area contributed by atoms with Crippen molar-refractivity contribution >= 4 is 29.4 Å². The molecular formula is C9H11NO3S. The Morgan fingerprint density at radius 3 is 2.50 bits per heavy atom. The zero-order valence-electron chi connectivity index (χ0n) is 8.07. The zero-order chi connectivity index (χ0) is 10.9. The van der Waals surface area contributed by atoms with Crippen molar-refractivity contribution in [2.45, 2.75) is 18.6 Å². The molecule has 0 aromatic heterocycles. The smallest absolute Gasteiger partial charge is 0.247 e. The third-order valence-electron chi connectivity index (χ3n) is 2.07. The Kier molecular flexibility index (Phi) is 3.10. The van der Waals surface area contributed by atoms with Gasteiger partial charge in [-0.25, -0.2) is 4.90 Å². The van der Waals surface area contributed by atoms with E-state index in [-0.39, 0.29) is 35.0 Å². The second-order valence-corrected chi connectivity index (χ2v) is 4.04. The molecule has 76 valence electrons. The molecule has 1 saturated heterocycles. The fourth-order valence-corrected chi connectivity index (χ4v) is 1.85. The summed E-state index contributed by atoms with van der Waals surface area (Å²) in [5.74, 6) is -1.02. The van der Waals surface area contributed by atoms with Gasteiger partial charge in [-0.15, -0.1) is 0 Å². The predicted octanol–water partition coefficient (Wildman–Crippen LogP) is 0.580. The second kappa shape index (κ2) is 3.96. The quantitative estimate of drug-likeness (QED) is 0.508. The molecule has 0 aromatic carbocycles. The van der Waals surface area contributed by atoms with Crippen molar-refractivity contribution in [3.63, 3.8) is 0 Å². The van der Waals surface area contributed by atoms with Crippen molar-refractivity contribution in [1.82, 2.24) is 4.90 Å². The maximum Gasteiger partial charge on any atom is 0.247 e.